The Morgan fingerprint density at radius 2 is 0.289 bits per heavy atom. The smallest absolute Gasteiger partial charge is 0.532 e. The summed E-state index contributed by atoms with van der Waals surface area (Å²) in [5.41, 5.74) is 0. The van der Waals surface area contributed by atoms with Gasteiger partial charge in [0.05, 0.1) is 0 Å². The van der Waals surface area contributed by atoms with Crippen LogP contribution in [0.15, 0.2) is 0 Å². The molecule has 0 aromatic carbocycles. The minimum atomic E-state index is -4.66. The van der Waals surface area contributed by atoms with Crippen molar-refractivity contribution in [2.75, 3.05) is 0 Å². The molecular formula is C17H62O29Si30. The van der Waals surface area contributed by atoms with Gasteiger partial charge in [-0.05, 0) is 19.6 Å². The molecular weight excluding hydrogens is 1510 g/mol. The van der Waals surface area contributed by atoms with Crippen LogP contribution in [0.3, 0.4) is 0 Å². The SMILES string of the molecule is C.C.C.C.C.C.C.C.C.C.C.C[Si](C)(C)O[Si](=O)[Si](=O)[Si](=O)[Si](=O)[Si](=O)[Si](=O)[Si](=O)[Si](=O)[Si](=O)[Si](=O)[Si](=O)[Si](=O)[Si](=O)[Si](=O)[Si](=O)[Si](=O)[Si](=O)[Si](=O)[Si](=O)[Si](=O)[Si](=O)[Si](=O)[Si](=O)[Si](=O)[Si](=O)[Si](=O)[Si](=O)[Si](=O)[Si](C)(C)C. The van der Waals surface area contributed by atoms with E-state index in [1.54, 1.807) is 0 Å². The van der Waals surface area contributed by atoms with Gasteiger partial charge in [-0.25, -0.2) is 0 Å². The largest absolute Gasteiger partial charge is 0.578 e. The van der Waals surface area contributed by atoms with Crippen LogP contribution < -0.4 is 0 Å². The lowest BCUT2D eigenvalue weighted by atomic mass is 11.8. The molecule has 0 saturated carbocycles. The van der Waals surface area contributed by atoms with Gasteiger partial charge in [0.2, 0.25) is 8.32 Å². The van der Waals surface area contributed by atoms with E-state index >= 15 is 0 Å². The zero-order chi connectivity index (χ0) is 51.9. The molecule has 0 heterocycles. The standard InChI is InChI=1S/C6H18O29Si30.11CH4/c1-64(2,3)35-36(7)37(8)38(9)39(10)40(11)41(12)42(13)43(14)44(15)45(16)46(17)47(18)48(19)49(20)50(21)51(22)52(23)53(24)54(25)55(26)56(27)57(28)58(29)59(30)60(31)61(32)62(33)63(34)65(4,5)6;;;;;;;;;;;/h1-6H3;11*1H4. The third kappa shape index (κ3) is 28.3. The second kappa shape index (κ2) is 44.3. The molecule has 0 amide bonds. The monoisotopic (exact) mass is 1570 g/mol. The van der Waals surface area contributed by atoms with Crippen LogP contribution >= 0.6 is 0 Å². The van der Waals surface area contributed by atoms with Gasteiger partial charge in [-0.1, -0.05) is 101 Å². The number of hydrogen-bond acceptors (Lipinski definition) is 29. The van der Waals surface area contributed by atoms with Gasteiger partial charge in [0, 0.05) is 0 Å². The Bertz CT molecular complexity index is 2700. The van der Waals surface area contributed by atoms with E-state index in [1.165, 1.54) is 39.3 Å². The summed E-state index contributed by atoms with van der Waals surface area (Å²) in [7, 11) is -127. The van der Waals surface area contributed by atoms with Crippen molar-refractivity contribution in [3.05, 3.63) is 0 Å². The Hall–Kier alpha value is 0.706. The quantitative estimate of drug-likeness (QED) is 0.0614. The molecule has 0 aliphatic heterocycles. The van der Waals surface area contributed by atoms with Crippen molar-refractivity contribution < 1.29 is 129 Å². The Morgan fingerprint density at radius 1 is 0.184 bits per heavy atom. The van der Waals surface area contributed by atoms with Gasteiger partial charge in [0.25, 0.3) is 0 Å². The molecule has 29 nitrogen and oxygen atoms in total. The third-order valence-electron chi connectivity index (χ3n) is 6.63. The molecule has 0 N–H and O–H groups in total. The van der Waals surface area contributed by atoms with Crippen LogP contribution in [0.4, 0.5) is 0 Å². The van der Waals surface area contributed by atoms with Crippen molar-refractivity contribution in [2.45, 2.75) is 121 Å². The molecule has 0 spiro atoms. The summed E-state index contributed by atoms with van der Waals surface area (Å²) in [6.45, 7) is 8.80. The van der Waals surface area contributed by atoms with Crippen molar-refractivity contribution in [3.63, 3.8) is 0 Å². The van der Waals surface area contributed by atoms with Crippen LogP contribution in [0.1, 0.15) is 81.7 Å². The van der Waals surface area contributed by atoms with Gasteiger partial charge in [-0.3, -0.25) is 0 Å². The minimum Gasteiger partial charge on any atom is -0.578 e. The molecule has 424 valence electrons. The lowest BCUT2D eigenvalue weighted by Gasteiger charge is -2.16. The third-order valence-corrected chi connectivity index (χ3v) is 234. The second-order valence-electron chi connectivity index (χ2n) is 13.6. The zero-order valence-corrected chi connectivity index (χ0v) is 62.8. The molecule has 0 aliphatic rings. The van der Waals surface area contributed by atoms with Crippen LogP contribution in [0, 0.1) is 0 Å². The van der Waals surface area contributed by atoms with E-state index in [2.05, 4.69) is 0 Å². The molecule has 0 rings (SSSR count). The Kier molecular flexibility index (Phi) is 61.1. The highest BCUT2D eigenvalue weighted by atomic mass is 30.1. The molecule has 0 aromatic heterocycles. The van der Waals surface area contributed by atoms with E-state index in [0.29, 0.717) is 0 Å². The molecule has 0 atom stereocenters. The fraction of sp³-hybridized carbons (Fsp3) is 1.00. The molecule has 0 fully saturated rings. The van der Waals surface area contributed by atoms with E-state index in [0.717, 1.165) is 0 Å². The first-order valence-electron chi connectivity index (χ1n) is 16.1. The van der Waals surface area contributed by atoms with E-state index in [9.17, 15) is 125 Å². The highest BCUT2D eigenvalue weighted by Gasteiger charge is 2.58. The van der Waals surface area contributed by atoms with Crippen molar-refractivity contribution in [1.82, 2.24) is 0 Å². The van der Waals surface area contributed by atoms with Crippen molar-refractivity contribution >= 4 is 233 Å². The minimum absolute atomic E-state index is 0. The first-order valence-corrected chi connectivity index (χ1v) is 90.4. The predicted octanol–water partition coefficient (Wildman–Crippen LogP) is -4.32. The Morgan fingerprint density at radius 3 is 0.395 bits per heavy atom. The van der Waals surface area contributed by atoms with Gasteiger partial charge in [0.1, 0.15) is 7.59 Å². The molecule has 76 heavy (non-hydrogen) atoms. The highest BCUT2D eigenvalue weighted by molar-refractivity contribution is 7.84. The summed E-state index contributed by atoms with van der Waals surface area (Å²) in [6.07, 6.45) is 0. The van der Waals surface area contributed by atoms with Gasteiger partial charge in [-0.15, -0.1) is 0 Å². The maximum atomic E-state index is 12.7. The van der Waals surface area contributed by atoms with E-state index in [1.807, 2.05) is 0 Å². The van der Waals surface area contributed by atoms with Crippen molar-refractivity contribution in [1.29, 1.82) is 0 Å². The van der Waals surface area contributed by atoms with Crippen molar-refractivity contribution in [2.24, 2.45) is 0 Å². The second-order valence-corrected chi connectivity index (χ2v) is 161. The van der Waals surface area contributed by atoms with Gasteiger partial charge in [-0.2, -0.15) is 0 Å². The molecule has 0 saturated heterocycles. The molecule has 59 heteroatoms. The van der Waals surface area contributed by atoms with E-state index < -0.39 is 233 Å². The van der Waals surface area contributed by atoms with Crippen LogP contribution in [-0.2, 0) is 129 Å². The molecule has 0 radical (unpaired) electrons. The fourth-order valence-corrected chi connectivity index (χ4v) is 340. The van der Waals surface area contributed by atoms with Crippen molar-refractivity contribution in [3.8, 4) is 0 Å². The van der Waals surface area contributed by atoms with E-state index in [4.69, 9.17) is 4.12 Å². The van der Waals surface area contributed by atoms with E-state index in [-0.39, 0.29) is 81.7 Å². The average Bonchev–Trinajstić information content (AvgIpc) is 3.25. The fourth-order valence-electron chi connectivity index (χ4n) is 3.34. The summed E-state index contributed by atoms with van der Waals surface area (Å²) < 4.78 is 357. The van der Waals surface area contributed by atoms with Gasteiger partial charge >= 0.3 is 217 Å². The molecule has 0 unspecified atom stereocenters. The number of hydrogen-bond donors (Lipinski definition) is 0. The Balaban J connectivity index is -0.000000372. The lowest BCUT2D eigenvalue weighted by Crippen LogP contribution is -2.58. The predicted molar refractivity (Wildman–Crippen MR) is 302 cm³/mol. The van der Waals surface area contributed by atoms with Crippen LogP contribution in [-0.4, -0.2) is 233 Å². The summed E-state index contributed by atoms with van der Waals surface area (Å²) in [5.74, 6) is 0. The van der Waals surface area contributed by atoms with Gasteiger partial charge < -0.3 is 129 Å². The molecule has 0 aliphatic carbocycles. The van der Waals surface area contributed by atoms with Crippen LogP contribution in [0.25, 0.3) is 0 Å². The number of rotatable bonds is 30. The lowest BCUT2D eigenvalue weighted by molar-refractivity contribution is 0.462. The topological polar surface area (TPSA) is 487 Å². The Labute approximate surface area is 478 Å². The van der Waals surface area contributed by atoms with Crippen LogP contribution in [0.2, 0.25) is 39.3 Å². The van der Waals surface area contributed by atoms with Gasteiger partial charge in [0.15, 0.2) is 0 Å². The maximum absolute atomic E-state index is 12.7. The highest BCUT2D eigenvalue weighted by Crippen LogP contribution is 2.03. The summed E-state index contributed by atoms with van der Waals surface area (Å²) in [6, 6.07) is 0. The average molecular weight is 1570 g/mol. The first kappa shape index (κ1) is 105. The molecule has 0 aromatic rings. The maximum Gasteiger partial charge on any atom is 0.532 e. The van der Waals surface area contributed by atoms with Crippen LogP contribution in [0.5, 0.6) is 0 Å². The summed E-state index contributed by atoms with van der Waals surface area (Å²) in [4.78, 5) is 0. The molecule has 0 bridgehead atoms. The zero-order valence-electron chi connectivity index (χ0n) is 32.8. The normalized spacial score (nSPS) is 8.97. The summed E-state index contributed by atoms with van der Waals surface area (Å²) >= 11 is 0. The summed E-state index contributed by atoms with van der Waals surface area (Å²) in [5, 5.41) is 0. The first-order chi connectivity index (χ1) is 29.2.